The van der Waals surface area contributed by atoms with E-state index in [1.807, 2.05) is 43.3 Å². The fourth-order valence-electron chi connectivity index (χ4n) is 4.32. The highest BCUT2D eigenvalue weighted by Gasteiger charge is 2.43. The molecule has 0 bridgehead atoms. The lowest BCUT2D eigenvalue weighted by Gasteiger charge is -2.35. The molecule has 1 aliphatic rings. The highest BCUT2D eigenvalue weighted by Crippen LogP contribution is 2.42. The third kappa shape index (κ3) is 3.83. The molecule has 2 unspecified atom stereocenters. The molecule has 1 aliphatic heterocycles. The third-order valence-electron chi connectivity index (χ3n) is 6.15. The standard InChI is InChI=1S/C23H30O4S/c1-4-6-13-23(5-2)16-28(25,26)21-14-17(11-12-18(21)15-22(23)24)19-9-7-8-10-20(19)27-3/h7-12,14,22,24H,4-6,13,15-16H2,1-3H3. The quantitative estimate of drug-likeness (QED) is 0.764. The largest absolute Gasteiger partial charge is 0.496 e. The minimum atomic E-state index is -3.51. The van der Waals surface area contributed by atoms with E-state index in [4.69, 9.17) is 4.74 Å². The molecule has 0 saturated heterocycles. The summed E-state index contributed by atoms with van der Waals surface area (Å²) in [5.74, 6) is 0.708. The molecule has 0 aromatic heterocycles. The number of aliphatic hydroxyl groups excluding tert-OH is 1. The summed E-state index contributed by atoms with van der Waals surface area (Å²) in [7, 11) is -1.90. The number of rotatable bonds is 6. The second-order valence-corrected chi connectivity index (χ2v) is 9.78. The zero-order valence-electron chi connectivity index (χ0n) is 16.9. The second-order valence-electron chi connectivity index (χ2n) is 7.82. The van der Waals surface area contributed by atoms with Gasteiger partial charge in [0.2, 0.25) is 0 Å². The van der Waals surface area contributed by atoms with Crippen LogP contribution in [0.25, 0.3) is 11.1 Å². The molecule has 0 spiro atoms. The molecule has 0 saturated carbocycles. The predicted octanol–water partition coefficient (Wildman–Crippen LogP) is 4.64. The maximum Gasteiger partial charge on any atom is 0.179 e. The molecule has 0 amide bonds. The van der Waals surface area contributed by atoms with Crippen molar-refractivity contribution in [2.75, 3.05) is 12.9 Å². The highest BCUT2D eigenvalue weighted by molar-refractivity contribution is 7.91. The molecule has 1 heterocycles. The molecule has 4 nitrogen and oxygen atoms in total. The van der Waals surface area contributed by atoms with Gasteiger partial charge in [0.15, 0.2) is 9.84 Å². The molecule has 1 N–H and O–H groups in total. The van der Waals surface area contributed by atoms with Gasteiger partial charge in [-0.3, -0.25) is 0 Å². The molecule has 5 heteroatoms. The van der Waals surface area contributed by atoms with Gasteiger partial charge in [-0.2, -0.15) is 0 Å². The summed E-state index contributed by atoms with van der Waals surface area (Å²) in [4.78, 5) is 0.349. The van der Waals surface area contributed by atoms with Gasteiger partial charge < -0.3 is 9.84 Å². The molecule has 0 radical (unpaired) electrons. The van der Waals surface area contributed by atoms with Crippen molar-refractivity contribution in [3.05, 3.63) is 48.0 Å². The van der Waals surface area contributed by atoms with Gasteiger partial charge in [0.25, 0.3) is 0 Å². The monoisotopic (exact) mass is 402 g/mol. The Morgan fingerprint density at radius 1 is 1.18 bits per heavy atom. The zero-order chi connectivity index (χ0) is 20.4. The normalized spacial score (nSPS) is 23.6. The summed E-state index contributed by atoms with van der Waals surface area (Å²) in [6.07, 6.45) is 3.01. The van der Waals surface area contributed by atoms with E-state index in [2.05, 4.69) is 6.92 Å². The summed E-state index contributed by atoms with van der Waals surface area (Å²) in [6, 6.07) is 13.1. The maximum atomic E-state index is 13.4. The first-order chi connectivity index (χ1) is 13.4. The van der Waals surface area contributed by atoms with Gasteiger partial charge in [-0.05, 0) is 36.1 Å². The Labute approximate surface area is 168 Å². The molecule has 2 aromatic rings. The Kier molecular flexibility index (Phi) is 6.15. The van der Waals surface area contributed by atoms with Crippen LogP contribution in [-0.2, 0) is 16.3 Å². The number of hydrogen-bond acceptors (Lipinski definition) is 4. The number of benzene rings is 2. The van der Waals surface area contributed by atoms with Crippen molar-refractivity contribution < 1.29 is 18.3 Å². The number of fused-ring (bicyclic) bond motifs is 1. The van der Waals surface area contributed by atoms with Gasteiger partial charge in [-0.1, -0.05) is 57.0 Å². The van der Waals surface area contributed by atoms with Crippen molar-refractivity contribution in [1.82, 2.24) is 0 Å². The maximum absolute atomic E-state index is 13.4. The van der Waals surface area contributed by atoms with Gasteiger partial charge in [-0.25, -0.2) is 8.42 Å². The van der Waals surface area contributed by atoms with Crippen LogP contribution in [0.4, 0.5) is 0 Å². The molecule has 2 atom stereocenters. The first-order valence-corrected chi connectivity index (χ1v) is 11.7. The summed E-state index contributed by atoms with van der Waals surface area (Å²) >= 11 is 0. The number of hydrogen-bond donors (Lipinski definition) is 1. The fourth-order valence-corrected chi connectivity index (χ4v) is 6.63. The summed E-state index contributed by atoms with van der Waals surface area (Å²) in [5.41, 5.74) is 1.80. The van der Waals surface area contributed by atoms with Crippen molar-refractivity contribution in [3.63, 3.8) is 0 Å². The second kappa shape index (κ2) is 8.26. The van der Waals surface area contributed by atoms with E-state index in [-0.39, 0.29) is 5.75 Å². The zero-order valence-corrected chi connectivity index (χ0v) is 17.8. The number of ether oxygens (including phenoxy) is 1. The first kappa shape index (κ1) is 20.9. The first-order valence-electron chi connectivity index (χ1n) is 10.0. The average Bonchev–Trinajstić information content (AvgIpc) is 2.78. The third-order valence-corrected chi connectivity index (χ3v) is 8.16. The van der Waals surface area contributed by atoms with Crippen LogP contribution < -0.4 is 4.74 Å². The van der Waals surface area contributed by atoms with Crippen molar-refractivity contribution in [2.45, 2.75) is 57.0 Å². The van der Waals surface area contributed by atoms with E-state index >= 15 is 0 Å². The Morgan fingerprint density at radius 2 is 1.93 bits per heavy atom. The van der Waals surface area contributed by atoms with Crippen LogP contribution in [0, 0.1) is 5.41 Å². The van der Waals surface area contributed by atoms with E-state index < -0.39 is 21.4 Å². The molecular weight excluding hydrogens is 372 g/mol. The van der Waals surface area contributed by atoms with Gasteiger partial charge in [-0.15, -0.1) is 0 Å². The molecule has 0 aliphatic carbocycles. The van der Waals surface area contributed by atoms with Gasteiger partial charge in [0, 0.05) is 17.4 Å². The number of sulfone groups is 1. The minimum absolute atomic E-state index is 0.0000442. The number of para-hydroxylation sites is 1. The van der Waals surface area contributed by atoms with Crippen LogP contribution in [0.2, 0.25) is 0 Å². The summed E-state index contributed by atoms with van der Waals surface area (Å²) in [6.45, 7) is 4.08. The number of aliphatic hydroxyl groups is 1. The van der Waals surface area contributed by atoms with E-state index in [0.29, 0.717) is 29.1 Å². The Balaban J connectivity index is 2.09. The van der Waals surface area contributed by atoms with Crippen molar-refractivity contribution in [3.8, 4) is 16.9 Å². The molecule has 3 rings (SSSR count). The van der Waals surface area contributed by atoms with Crippen LogP contribution in [0.1, 0.15) is 45.1 Å². The van der Waals surface area contributed by atoms with Crippen LogP contribution in [0.5, 0.6) is 5.75 Å². The predicted molar refractivity (Wildman–Crippen MR) is 112 cm³/mol. The SMILES string of the molecule is CCCCC1(CC)CS(=O)(=O)c2cc(-c3ccccc3OC)ccc2CC1O. The Hall–Kier alpha value is -1.85. The van der Waals surface area contributed by atoms with Crippen LogP contribution >= 0.6 is 0 Å². The number of unbranched alkanes of at least 4 members (excludes halogenated alkanes) is 1. The van der Waals surface area contributed by atoms with Crippen LogP contribution in [-0.4, -0.2) is 32.5 Å². The van der Waals surface area contributed by atoms with Crippen molar-refractivity contribution in [1.29, 1.82) is 0 Å². The Morgan fingerprint density at radius 3 is 2.61 bits per heavy atom. The molecule has 152 valence electrons. The van der Waals surface area contributed by atoms with Crippen LogP contribution in [0.3, 0.4) is 0 Å². The van der Waals surface area contributed by atoms with Crippen LogP contribution in [0.15, 0.2) is 47.4 Å². The molecule has 0 fully saturated rings. The molecular formula is C23H30O4S. The average molecular weight is 403 g/mol. The summed E-state index contributed by atoms with van der Waals surface area (Å²) in [5, 5.41) is 11.0. The van der Waals surface area contributed by atoms with Gasteiger partial charge in [0.05, 0.1) is 23.9 Å². The number of methoxy groups -OCH3 is 1. The fraction of sp³-hybridized carbons (Fsp3) is 0.478. The minimum Gasteiger partial charge on any atom is -0.496 e. The van der Waals surface area contributed by atoms with E-state index in [9.17, 15) is 13.5 Å². The van der Waals surface area contributed by atoms with Gasteiger partial charge in [0.1, 0.15) is 5.75 Å². The molecule has 28 heavy (non-hydrogen) atoms. The molecule has 2 aromatic carbocycles. The van der Waals surface area contributed by atoms with E-state index in [1.54, 1.807) is 13.2 Å². The lowest BCUT2D eigenvalue weighted by atomic mass is 9.75. The highest BCUT2D eigenvalue weighted by atomic mass is 32.2. The van der Waals surface area contributed by atoms with E-state index in [0.717, 1.165) is 30.4 Å². The smallest absolute Gasteiger partial charge is 0.179 e. The van der Waals surface area contributed by atoms with Gasteiger partial charge >= 0.3 is 0 Å². The van der Waals surface area contributed by atoms with Crippen molar-refractivity contribution >= 4 is 9.84 Å². The van der Waals surface area contributed by atoms with E-state index in [1.165, 1.54) is 0 Å². The topological polar surface area (TPSA) is 63.6 Å². The van der Waals surface area contributed by atoms with Crippen molar-refractivity contribution in [2.24, 2.45) is 5.41 Å². The lowest BCUT2D eigenvalue weighted by Crippen LogP contribution is -2.40. The summed E-state index contributed by atoms with van der Waals surface area (Å²) < 4.78 is 32.2. The Bertz CT molecular complexity index is 935. The lowest BCUT2D eigenvalue weighted by molar-refractivity contribution is 0.0300.